The van der Waals surface area contributed by atoms with Crippen LogP contribution in [-0.4, -0.2) is 55.7 Å². The van der Waals surface area contributed by atoms with Crippen LogP contribution in [0.1, 0.15) is 92.1 Å². The number of carbonyl (C=O) groups excluding carboxylic acids is 4. The molecule has 1 aromatic carbocycles. The van der Waals surface area contributed by atoms with E-state index < -0.39 is 36.5 Å². The van der Waals surface area contributed by atoms with Gasteiger partial charge in [-0.25, -0.2) is 9.59 Å². The van der Waals surface area contributed by atoms with Crippen LogP contribution in [-0.2, 0) is 35.0 Å². The van der Waals surface area contributed by atoms with Crippen molar-refractivity contribution in [2.24, 2.45) is 23.5 Å². The summed E-state index contributed by atoms with van der Waals surface area (Å²) in [5, 5.41) is 0. The highest BCUT2D eigenvalue weighted by Gasteiger charge is 2.28. The van der Waals surface area contributed by atoms with E-state index in [1.807, 2.05) is 27.7 Å². The third-order valence-corrected chi connectivity index (χ3v) is 7.72. The molecule has 1 saturated carbocycles. The number of benzene rings is 1. The highest BCUT2D eigenvalue weighted by Crippen LogP contribution is 2.30. The molecular weight excluding hydrogens is 558 g/mol. The van der Waals surface area contributed by atoms with Crippen LogP contribution in [0.4, 0.5) is 9.59 Å². The molecule has 1 aromatic rings. The van der Waals surface area contributed by atoms with E-state index in [-0.39, 0.29) is 54.9 Å². The lowest BCUT2D eigenvalue weighted by atomic mass is 9.89. The van der Waals surface area contributed by atoms with Crippen LogP contribution >= 0.6 is 0 Å². The number of nitrogens with two attached hydrogens (primary N) is 1. The molecule has 2 rings (SSSR count). The van der Waals surface area contributed by atoms with E-state index in [0.29, 0.717) is 5.56 Å². The fourth-order valence-corrected chi connectivity index (χ4v) is 4.16. The molecule has 0 spiro atoms. The molecule has 242 valence electrons. The molecule has 0 aliphatic heterocycles. The Morgan fingerprint density at radius 3 is 1.88 bits per heavy atom. The molecule has 0 heterocycles. The zero-order valence-electron chi connectivity index (χ0n) is 26.4. The van der Waals surface area contributed by atoms with Crippen molar-refractivity contribution in [1.82, 2.24) is 0 Å². The summed E-state index contributed by atoms with van der Waals surface area (Å²) in [5.74, 6) is -0.926. The van der Waals surface area contributed by atoms with Gasteiger partial charge in [0, 0.05) is 0 Å². The zero-order chi connectivity index (χ0) is 31.9. The molecule has 11 heteroatoms. The maximum absolute atomic E-state index is 12.8. The minimum Gasteiger partial charge on any atom is -0.459 e. The van der Waals surface area contributed by atoms with Gasteiger partial charge in [0.15, 0.2) is 11.5 Å². The number of ether oxygens (including phenoxy) is 6. The molecule has 5 atom stereocenters. The van der Waals surface area contributed by atoms with Gasteiger partial charge in [-0.3, -0.25) is 9.59 Å². The van der Waals surface area contributed by atoms with E-state index in [2.05, 4.69) is 0 Å². The number of hydrogen-bond donors (Lipinski definition) is 1. The van der Waals surface area contributed by atoms with Crippen LogP contribution in [0.15, 0.2) is 18.2 Å². The van der Waals surface area contributed by atoms with Crippen LogP contribution in [0, 0.1) is 17.8 Å². The van der Waals surface area contributed by atoms with Gasteiger partial charge in [0.2, 0.25) is 0 Å². The van der Waals surface area contributed by atoms with E-state index in [0.717, 1.165) is 44.9 Å². The summed E-state index contributed by atoms with van der Waals surface area (Å²) >= 11 is 0. The van der Waals surface area contributed by atoms with Gasteiger partial charge in [0.05, 0.1) is 19.1 Å². The van der Waals surface area contributed by atoms with E-state index in [9.17, 15) is 19.2 Å². The monoisotopic (exact) mass is 607 g/mol. The Bertz CT molecular complexity index is 1050. The number of rotatable bonds is 15. The number of hydrogen-bond acceptors (Lipinski definition) is 11. The van der Waals surface area contributed by atoms with Crippen molar-refractivity contribution in [3.8, 4) is 11.5 Å². The lowest BCUT2D eigenvalue weighted by Crippen LogP contribution is -2.40. The molecular formula is C32H49NO10. The molecule has 0 saturated heterocycles. The Morgan fingerprint density at radius 1 is 0.791 bits per heavy atom. The first-order valence-corrected chi connectivity index (χ1v) is 15.4. The van der Waals surface area contributed by atoms with Gasteiger partial charge < -0.3 is 34.2 Å². The Labute approximate surface area is 255 Å². The smallest absolute Gasteiger partial charge is 0.459 e. The van der Waals surface area contributed by atoms with E-state index in [4.69, 9.17) is 34.2 Å². The first kappa shape index (κ1) is 35.9. The summed E-state index contributed by atoms with van der Waals surface area (Å²) < 4.78 is 32.0. The molecule has 1 aliphatic carbocycles. The molecule has 0 aromatic heterocycles. The third-order valence-electron chi connectivity index (χ3n) is 7.72. The second-order valence-corrected chi connectivity index (χ2v) is 11.6. The van der Waals surface area contributed by atoms with Crippen molar-refractivity contribution in [2.45, 2.75) is 111 Å². The Balaban J connectivity index is 2.04. The topological polar surface area (TPSA) is 150 Å². The standard InChI is InChI=1S/C32H49NO10/c1-7-20(3)18-38-31(36)42-27-15-14-24(17-28(27)43-32(37)39-19-21(4)8-2)16-26(33)30(35)41-23(6)22(5)40-29(34)25-12-10-9-11-13-25/h14-15,17,20-23,25-26H,7-13,16,18-19,33H2,1-6H3/t20?,21?,22?,23-,26-/m0/s1. The van der Waals surface area contributed by atoms with Crippen LogP contribution in [0.25, 0.3) is 0 Å². The first-order valence-electron chi connectivity index (χ1n) is 15.4. The summed E-state index contributed by atoms with van der Waals surface area (Å²) in [6.45, 7) is 11.5. The van der Waals surface area contributed by atoms with Gasteiger partial charge in [-0.15, -0.1) is 0 Å². The van der Waals surface area contributed by atoms with Gasteiger partial charge >= 0.3 is 24.2 Å². The minimum absolute atomic E-state index is 0.0266. The molecule has 0 amide bonds. The van der Waals surface area contributed by atoms with Crippen molar-refractivity contribution >= 4 is 24.2 Å². The van der Waals surface area contributed by atoms with Crippen LogP contribution in [0.2, 0.25) is 0 Å². The summed E-state index contributed by atoms with van der Waals surface area (Å²) in [7, 11) is 0. The van der Waals surface area contributed by atoms with Gasteiger partial charge in [-0.1, -0.05) is 65.9 Å². The lowest BCUT2D eigenvalue weighted by molar-refractivity contribution is -0.169. The predicted molar refractivity (Wildman–Crippen MR) is 159 cm³/mol. The summed E-state index contributed by atoms with van der Waals surface area (Å²) in [4.78, 5) is 49.9. The van der Waals surface area contributed by atoms with Crippen molar-refractivity contribution in [1.29, 1.82) is 0 Å². The lowest BCUT2D eigenvalue weighted by Gasteiger charge is -2.26. The quantitative estimate of drug-likeness (QED) is 0.139. The molecule has 3 unspecified atom stereocenters. The second-order valence-electron chi connectivity index (χ2n) is 11.6. The summed E-state index contributed by atoms with van der Waals surface area (Å²) in [5.41, 5.74) is 6.66. The van der Waals surface area contributed by atoms with Crippen molar-refractivity contribution < 1.29 is 47.6 Å². The van der Waals surface area contributed by atoms with Crippen LogP contribution in [0.5, 0.6) is 11.5 Å². The molecule has 2 N–H and O–H groups in total. The summed E-state index contributed by atoms with van der Waals surface area (Å²) in [6, 6.07) is 3.37. The van der Waals surface area contributed by atoms with Crippen molar-refractivity contribution in [3.63, 3.8) is 0 Å². The van der Waals surface area contributed by atoms with Crippen molar-refractivity contribution in [2.75, 3.05) is 13.2 Å². The fraction of sp³-hybridized carbons (Fsp3) is 0.688. The van der Waals surface area contributed by atoms with E-state index in [1.165, 1.54) is 12.1 Å². The van der Waals surface area contributed by atoms with E-state index >= 15 is 0 Å². The summed E-state index contributed by atoms with van der Waals surface area (Å²) in [6.07, 6.45) is 3.18. The van der Waals surface area contributed by atoms with Crippen LogP contribution in [0.3, 0.4) is 0 Å². The molecule has 0 radical (unpaired) electrons. The van der Waals surface area contributed by atoms with E-state index in [1.54, 1.807) is 19.9 Å². The average molecular weight is 608 g/mol. The second kappa shape index (κ2) is 18.4. The number of carbonyl (C=O) groups is 4. The fourth-order valence-electron chi connectivity index (χ4n) is 4.16. The zero-order valence-corrected chi connectivity index (χ0v) is 26.4. The van der Waals surface area contributed by atoms with Gasteiger partial charge in [-0.05, 0) is 62.6 Å². The molecule has 1 fully saturated rings. The van der Waals surface area contributed by atoms with Gasteiger partial charge in [-0.2, -0.15) is 0 Å². The largest absolute Gasteiger partial charge is 0.513 e. The van der Waals surface area contributed by atoms with Gasteiger partial charge in [0.25, 0.3) is 0 Å². The highest BCUT2D eigenvalue weighted by atomic mass is 16.7. The number of esters is 2. The molecule has 0 bridgehead atoms. The maximum Gasteiger partial charge on any atom is 0.513 e. The molecule has 11 nitrogen and oxygen atoms in total. The first-order chi connectivity index (χ1) is 20.4. The minimum atomic E-state index is -1.07. The third kappa shape index (κ3) is 12.8. The maximum atomic E-state index is 12.8. The van der Waals surface area contributed by atoms with Crippen molar-refractivity contribution in [3.05, 3.63) is 23.8 Å². The van der Waals surface area contributed by atoms with Gasteiger partial charge in [0.1, 0.15) is 18.2 Å². The van der Waals surface area contributed by atoms with Crippen LogP contribution < -0.4 is 15.2 Å². The Hall–Kier alpha value is -3.34. The average Bonchev–Trinajstić information content (AvgIpc) is 2.99. The Kier molecular flexibility index (Phi) is 15.3. The highest BCUT2D eigenvalue weighted by molar-refractivity contribution is 5.76. The molecule has 43 heavy (non-hydrogen) atoms. The Morgan fingerprint density at radius 2 is 1.33 bits per heavy atom. The predicted octanol–water partition coefficient (Wildman–Crippen LogP) is 6.12. The SMILES string of the molecule is CCC(C)COC(=O)Oc1ccc(C[C@H](N)C(=O)O[C@@H](C)C(C)OC(=O)C2CCCCC2)cc1OC(=O)OCC(C)CC. The molecule has 1 aliphatic rings. The normalized spacial score (nSPS) is 17.0.